The Morgan fingerprint density at radius 3 is 2.89 bits per heavy atom. The van der Waals surface area contributed by atoms with Crippen LogP contribution in [0.4, 0.5) is 0 Å². The number of nitrogens with zero attached hydrogens (tertiary/aromatic N) is 2. The van der Waals surface area contributed by atoms with E-state index in [1.165, 1.54) is 0 Å². The Hall–Kier alpha value is -2.14. The van der Waals surface area contributed by atoms with E-state index < -0.39 is 0 Å². The third kappa shape index (κ3) is 2.26. The van der Waals surface area contributed by atoms with Crippen LogP contribution in [0.15, 0.2) is 48.5 Å². The van der Waals surface area contributed by atoms with Crippen molar-refractivity contribution >= 4 is 11.3 Å². The fourth-order valence-electron chi connectivity index (χ4n) is 1.66. The van der Waals surface area contributed by atoms with Gasteiger partial charge in [-0.1, -0.05) is 12.1 Å². The first-order valence-corrected chi connectivity index (χ1v) is 6.39. The molecule has 0 aliphatic carbocycles. The van der Waals surface area contributed by atoms with Gasteiger partial charge in [0.25, 0.3) is 0 Å². The monoisotopic (exact) mass is 257 g/mol. The van der Waals surface area contributed by atoms with E-state index in [2.05, 4.69) is 15.0 Å². The lowest BCUT2D eigenvalue weighted by molar-refractivity contribution is 0.303. The summed E-state index contributed by atoms with van der Waals surface area (Å²) < 4.78 is 5.81. The molecule has 90 valence electrons. The highest BCUT2D eigenvalue weighted by Crippen LogP contribution is 2.32. The van der Waals surface area contributed by atoms with Crippen molar-refractivity contribution in [2.75, 3.05) is 0 Å². The molecule has 18 heavy (non-hydrogen) atoms. The van der Waals surface area contributed by atoms with Gasteiger partial charge in [-0.15, -0.1) is 11.3 Å². The Morgan fingerprint density at radius 1 is 1.17 bits per heavy atom. The summed E-state index contributed by atoms with van der Waals surface area (Å²) in [4.78, 5) is 12.2. The maximum absolute atomic E-state index is 5.81. The third-order valence-electron chi connectivity index (χ3n) is 2.52. The summed E-state index contributed by atoms with van der Waals surface area (Å²) in [7, 11) is 0. The van der Waals surface area contributed by atoms with Crippen LogP contribution in [0.25, 0.3) is 10.4 Å². The predicted octanol–water partition coefficient (Wildman–Crippen LogP) is 3.11. The first kappa shape index (κ1) is 11.0. The normalized spacial score (nSPS) is 10.4. The molecule has 0 saturated heterocycles. The summed E-state index contributed by atoms with van der Waals surface area (Å²) in [6.45, 7) is 0.482. The number of thiazole rings is 1. The molecule has 0 spiro atoms. The van der Waals surface area contributed by atoms with E-state index in [0.717, 1.165) is 21.9 Å². The van der Waals surface area contributed by atoms with Crippen molar-refractivity contribution in [3.05, 3.63) is 54.2 Å². The van der Waals surface area contributed by atoms with E-state index >= 15 is 0 Å². The predicted molar refractivity (Wildman–Crippen MR) is 70.5 cm³/mol. The summed E-state index contributed by atoms with van der Waals surface area (Å²) >= 11 is 1.60. The molecule has 3 rings (SSSR count). The lowest BCUT2D eigenvalue weighted by Crippen LogP contribution is -1.96. The van der Waals surface area contributed by atoms with Crippen LogP contribution in [-0.2, 0) is 6.61 Å². The van der Waals surface area contributed by atoms with Crippen molar-refractivity contribution in [3.63, 3.8) is 0 Å². The number of ether oxygens (including phenoxy) is 1. The molecule has 2 aromatic heterocycles. The molecule has 1 N–H and O–H groups in total. The minimum absolute atomic E-state index is 0.482. The van der Waals surface area contributed by atoms with Crippen LogP contribution < -0.4 is 4.74 Å². The van der Waals surface area contributed by atoms with Gasteiger partial charge in [-0.3, -0.25) is 4.98 Å². The second-order valence-electron chi connectivity index (χ2n) is 3.73. The van der Waals surface area contributed by atoms with Gasteiger partial charge < -0.3 is 9.72 Å². The van der Waals surface area contributed by atoms with Gasteiger partial charge in [0.1, 0.15) is 12.4 Å². The Balaban J connectivity index is 1.84. The van der Waals surface area contributed by atoms with Gasteiger partial charge in [0.2, 0.25) is 0 Å². The van der Waals surface area contributed by atoms with Crippen molar-refractivity contribution in [2.45, 2.75) is 6.61 Å². The van der Waals surface area contributed by atoms with Crippen LogP contribution in [0.3, 0.4) is 0 Å². The number of para-hydroxylation sites is 1. The molecule has 0 fully saturated rings. The number of imidazole rings is 1. The molecule has 0 radical (unpaired) electrons. The van der Waals surface area contributed by atoms with Crippen molar-refractivity contribution in [1.29, 1.82) is 0 Å². The van der Waals surface area contributed by atoms with Gasteiger partial charge >= 0.3 is 0 Å². The highest BCUT2D eigenvalue weighted by molar-refractivity contribution is 7.13. The lowest BCUT2D eigenvalue weighted by Gasteiger charge is -2.08. The fraction of sp³-hybridized carbons (Fsp3) is 0.0769. The van der Waals surface area contributed by atoms with Crippen LogP contribution in [0.5, 0.6) is 5.75 Å². The van der Waals surface area contributed by atoms with Gasteiger partial charge in [0.15, 0.2) is 0 Å². The van der Waals surface area contributed by atoms with Crippen LogP contribution in [-0.4, -0.2) is 15.0 Å². The highest BCUT2D eigenvalue weighted by Gasteiger charge is 2.07. The van der Waals surface area contributed by atoms with Crippen LogP contribution >= 0.6 is 11.3 Å². The second kappa shape index (κ2) is 5.01. The quantitative estimate of drug-likeness (QED) is 0.781. The SMILES string of the molecule is c1ccc(-c2cncs2)c(OCc2cnc[nH]2)c1. The summed E-state index contributed by atoms with van der Waals surface area (Å²) in [6, 6.07) is 7.96. The molecule has 0 bridgehead atoms. The van der Waals surface area contributed by atoms with Crippen molar-refractivity contribution in [2.24, 2.45) is 0 Å². The van der Waals surface area contributed by atoms with Gasteiger partial charge in [-0.2, -0.15) is 0 Å². The topological polar surface area (TPSA) is 50.8 Å². The maximum Gasteiger partial charge on any atom is 0.130 e. The van der Waals surface area contributed by atoms with Crippen molar-refractivity contribution in [3.8, 4) is 16.2 Å². The maximum atomic E-state index is 5.81. The first-order chi connectivity index (χ1) is 8.93. The fourth-order valence-corrected chi connectivity index (χ4v) is 2.32. The number of aromatic nitrogens is 3. The largest absolute Gasteiger partial charge is 0.487 e. The molecule has 4 nitrogen and oxygen atoms in total. The van der Waals surface area contributed by atoms with Crippen LogP contribution in [0.1, 0.15) is 5.69 Å². The Bertz CT molecular complexity index is 605. The number of aromatic amines is 1. The zero-order chi connectivity index (χ0) is 12.2. The number of benzene rings is 1. The van der Waals surface area contributed by atoms with E-state index in [9.17, 15) is 0 Å². The first-order valence-electron chi connectivity index (χ1n) is 5.51. The number of nitrogens with one attached hydrogen (secondary N) is 1. The van der Waals surface area contributed by atoms with Crippen molar-refractivity contribution < 1.29 is 4.74 Å². The standard InChI is InChI=1S/C13H11N3OS/c1-2-4-12(17-7-10-5-14-8-16-10)11(3-1)13-6-15-9-18-13/h1-6,8-9H,7H2,(H,14,16). The van der Waals surface area contributed by atoms with E-state index in [1.54, 1.807) is 23.9 Å². The molecule has 0 atom stereocenters. The van der Waals surface area contributed by atoms with E-state index in [1.807, 2.05) is 36.0 Å². The molecule has 3 aromatic rings. The van der Waals surface area contributed by atoms with E-state index in [0.29, 0.717) is 6.61 Å². The molecule has 0 aliphatic heterocycles. The minimum atomic E-state index is 0.482. The lowest BCUT2D eigenvalue weighted by atomic mass is 10.2. The molecule has 0 unspecified atom stereocenters. The summed E-state index contributed by atoms with van der Waals surface area (Å²) in [5.41, 5.74) is 3.84. The van der Waals surface area contributed by atoms with Gasteiger partial charge in [-0.05, 0) is 12.1 Å². The molecule has 0 aliphatic rings. The van der Waals surface area contributed by atoms with E-state index in [4.69, 9.17) is 4.74 Å². The number of rotatable bonds is 4. The molecule has 0 amide bonds. The highest BCUT2D eigenvalue weighted by atomic mass is 32.1. The molecule has 2 heterocycles. The number of hydrogen-bond donors (Lipinski definition) is 1. The smallest absolute Gasteiger partial charge is 0.130 e. The Kier molecular flexibility index (Phi) is 3.06. The molecule has 1 aromatic carbocycles. The molecule has 5 heteroatoms. The van der Waals surface area contributed by atoms with E-state index in [-0.39, 0.29) is 0 Å². The minimum Gasteiger partial charge on any atom is -0.487 e. The van der Waals surface area contributed by atoms with Crippen LogP contribution in [0, 0.1) is 0 Å². The van der Waals surface area contributed by atoms with Gasteiger partial charge in [0.05, 0.1) is 28.6 Å². The third-order valence-corrected chi connectivity index (χ3v) is 3.33. The van der Waals surface area contributed by atoms with Gasteiger partial charge in [-0.25, -0.2) is 4.98 Å². The summed E-state index contributed by atoms with van der Waals surface area (Å²) in [6.07, 6.45) is 5.26. The zero-order valence-corrected chi connectivity index (χ0v) is 10.4. The number of hydrogen-bond acceptors (Lipinski definition) is 4. The average Bonchev–Trinajstić information content (AvgIpc) is 3.10. The van der Waals surface area contributed by atoms with Gasteiger partial charge in [0, 0.05) is 11.8 Å². The van der Waals surface area contributed by atoms with Crippen LogP contribution in [0.2, 0.25) is 0 Å². The van der Waals surface area contributed by atoms with Crippen molar-refractivity contribution in [1.82, 2.24) is 15.0 Å². The zero-order valence-electron chi connectivity index (χ0n) is 9.54. The molecule has 0 saturated carbocycles. The average molecular weight is 257 g/mol. The summed E-state index contributed by atoms with van der Waals surface area (Å²) in [5.74, 6) is 0.858. The second-order valence-corrected chi connectivity index (χ2v) is 4.61. The summed E-state index contributed by atoms with van der Waals surface area (Å²) in [5, 5.41) is 0. The Morgan fingerprint density at radius 2 is 2.11 bits per heavy atom. The molecular weight excluding hydrogens is 246 g/mol. The number of H-pyrrole nitrogens is 1. The Labute approximate surface area is 108 Å². The molecular formula is C13H11N3OS.